The number of nitrogens with one attached hydrogen (secondary N) is 1. The number of aliphatic hydroxyl groups is 1. The highest BCUT2D eigenvalue weighted by Crippen LogP contribution is 2.20. The molecule has 1 fully saturated rings. The molecule has 2 aromatic rings. The smallest absolute Gasteiger partial charge is 0.253 e. The van der Waals surface area contributed by atoms with Gasteiger partial charge in [0.05, 0.1) is 12.1 Å². The third-order valence-corrected chi connectivity index (χ3v) is 5.00. The predicted octanol–water partition coefficient (Wildman–Crippen LogP) is 2.60. The molecule has 2 N–H and O–H groups in total. The molecule has 1 aliphatic heterocycles. The fourth-order valence-corrected chi connectivity index (χ4v) is 3.32. The van der Waals surface area contributed by atoms with Crippen LogP contribution in [0, 0.1) is 5.92 Å². The molecular formula is C17H21N3O2S. The average Bonchev–Trinajstić information content (AvgIpc) is 3.13. The monoisotopic (exact) mass is 331 g/mol. The molecule has 0 radical (unpaired) electrons. The molecule has 5 nitrogen and oxygen atoms in total. The van der Waals surface area contributed by atoms with Gasteiger partial charge in [-0.1, -0.05) is 6.07 Å². The van der Waals surface area contributed by atoms with Crippen molar-refractivity contribution in [1.82, 2.24) is 9.88 Å². The number of carbonyl (C=O) groups is 1. The van der Waals surface area contributed by atoms with Crippen molar-refractivity contribution in [2.75, 3.05) is 25.0 Å². The SMILES string of the molecule is O=C(c1cccc(NCc2cncs2)c1)N1CCC(CO)CC1. The highest BCUT2D eigenvalue weighted by molar-refractivity contribution is 7.09. The molecule has 0 aliphatic carbocycles. The van der Waals surface area contributed by atoms with Crippen LogP contribution >= 0.6 is 11.3 Å². The summed E-state index contributed by atoms with van der Waals surface area (Å²) in [7, 11) is 0. The van der Waals surface area contributed by atoms with E-state index in [0.29, 0.717) is 18.0 Å². The Morgan fingerprint density at radius 3 is 2.91 bits per heavy atom. The highest BCUT2D eigenvalue weighted by atomic mass is 32.1. The molecule has 1 amide bonds. The fourth-order valence-electron chi connectivity index (χ4n) is 2.78. The Balaban J connectivity index is 1.61. The fraction of sp³-hybridized carbons (Fsp3) is 0.412. The second kappa shape index (κ2) is 7.57. The first-order valence-electron chi connectivity index (χ1n) is 7.87. The number of benzene rings is 1. The number of amides is 1. The molecule has 122 valence electrons. The maximum Gasteiger partial charge on any atom is 0.253 e. The van der Waals surface area contributed by atoms with Crippen LogP contribution in [0.2, 0.25) is 0 Å². The van der Waals surface area contributed by atoms with Gasteiger partial charge in [0.15, 0.2) is 0 Å². The number of thiazole rings is 1. The molecule has 23 heavy (non-hydrogen) atoms. The van der Waals surface area contributed by atoms with Crippen molar-refractivity contribution in [1.29, 1.82) is 0 Å². The number of aromatic nitrogens is 1. The zero-order valence-electron chi connectivity index (χ0n) is 12.9. The van der Waals surface area contributed by atoms with E-state index in [2.05, 4.69) is 10.3 Å². The summed E-state index contributed by atoms with van der Waals surface area (Å²) in [5.41, 5.74) is 3.46. The summed E-state index contributed by atoms with van der Waals surface area (Å²) in [5, 5.41) is 12.5. The minimum atomic E-state index is 0.0721. The second-order valence-electron chi connectivity index (χ2n) is 5.82. The normalized spacial score (nSPS) is 15.6. The molecule has 0 saturated carbocycles. The van der Waals surface area contributed by atoms with Crippen LogP contribution < -0.4 is 5.32 Å². The zero-order chi connectivity index (χ0) is 16.1. The van der Waals surface area contributed by atoms with Crippen LogP contribution in [-0.2, 0) is 6.54 Å². The molecule has 0 unspecified atom stereocenters. The summed E-state index contributed by atoms with van der Waals surface area (Å²) in [6.07, 6.45) is 3.61. The minimum Gasteiger partial charge on any atom is -0.396 e. The molecule has 1 aromatic carbocycles. The Morgan fingerprint density at radius 2 is 2.22 bits per heavy atom. The number of carbonyl (C=O) groups excluding carboxylic acids is 1. The van der Waals surface area contributed by atoms with Crippen LogP contribution in [0.1, 0.15) is 28.1 Å². The maximum absolute atomic E-state index is 12.6. The zero-order valence-corrected chi connectivity index (χ0v) is 13.8. The number of likely N-dealkylation sites (tertiary alicyclic amines) is 1. The first-order chi connectivity index (χ1) is 11.3. The van der Waals surface area contributed by atoms with E-state index in [1.54, 1.807) is 11.3 Å². The van der Waals surface area contributed by atoms with Crippen LogP contribution in [0.5, 0.6) is 0 Å². The van der Waals surface area contributed by atoms with Crippen molar-refractivity contribution in [3.8, 4) is 0 Å². The Morgan fingerprint density at radius 1 is 1.39 bits per heavy atom. The van der Waals surface area contributed by atoms with E-state index < -0.39 is 0 Å². The molecule has 0 bridgehead atoms. The Hall–Kier alpha value is -1.92. The van der Waals surface area contributed by atoms with Crippen LogP contribution in [0.25, 0.3) is 0 Å². The Bertz CT molecular complexity index is 637. The van der Waals surface area contributed by atoms with Crippen LogP contribution in [0.4, 0.5) is 5.69 Å². The van der Waals surface area contributed by atoms with Gasteiger partial charge in [-0.3, -0.25) is 9.78 Å². The molecule has 1 saturated heterocycles. The Labute approximate surface area is 140 Å². The van der Waals surface area contributed by atoms with Gasteiger partial charge < -0.3 is 15.3 Å². The van der Waals surface area contributed by atoms with Gasteiger partial charge in [0.25, 0.3) is 5.91 Å². The number of aliphatic hydroxyl groups excluding tert-OH is 1. The van der Waals surface area contributed by atoms with Gasteiger partial charge in [-0.05, 0) is 37.0 Å². The van der Waals surface area contributed by atoms with E-state index >= 15 is 0 Å². The van der Waals surface area contributed by atoms with Gasteiger partial charge in [-0.25, -0.2) is 0 Å². The van der Waals surface area contributed by atoms with Crippen LogP contribution in [0.15, 0.2) is 36.0 Å². The van der Waals surface area contributed by atoms with E-state index in [0.717, 1.165) is 36.5 Å². The summed E-state index contributed by atoms with van der Waals surface area (Å²) in [4.78, 5) is 19.7. The maximum atomic E-state index is 12.6. The van der Waals surface area contributed by atoms with E-state index in [9.17, 15) is 9.90 Å². The lowest BCUT2D eigenvalue weighted by Gasteiger charge is -2.31. The predicted molar refractivity (Wildman–Crippen MR) is 91.6 cm³/mol. The number of nitrogens with zero attached hydrogens (tertiary/aromatic N) is 2. The molecular weight excluding hydrogens is 310 g/mol. The van der Waals surface area contributed by atoms with Crippen molar-refractivity contribution in [2.24, 2.45) is 5.92 Å². The van der Waals surface area contributed by atoms with Gasteiger partial charge in [-0.2, -0.15) is 0 Å². The highest BCUT2D eigenvalue weighted by Gasteiger charge is 2.23. The third-order valence-electron chi connectivity index (χ3n) is 4.22. The van der Waals surface area contributed by atoms with E-state index in [4.69, 9.17) is 0 Å². The second-order valence-corrected chi connectivity index (χ2v) is 6.79. The van der Waals surface area contributed by atoms with Crippen LogP contribution in [0.3, 0.4) is 0 Å². The first-order valence-corrected chi connectivity index (χ1v) is 8.75. The lowest BCUT2D eigenvalue weighted by molar-refractivity contribution is 0.0651. The van der Waals surface area contributed by atoms with Crippen molar-refractivity contribution < 1.29 is 9.90 Å². The number of piperidine rings is 1. The molecule has 1 aromatic heterocycles. The van der Waals surface area contributed by atoms with Gasteiger partial charge in [0.2, 0.25) is 0 Å². The summed E-state index contributed by atoms with van der Waals surface area (Å²) in [6.45, 7) is 2.38. The van der Waals surface area contributed by atoms with E-state index in [-0.39, 0.29) is 12.5 Å². The van der Waals surface area contributed by atoms with Crippen molar-refractivity contribution in [2.45, 2.75) is 19.4 Å². The number of hydrogen-bond acceptors (Lipinski definition) is 5. The third kappa shape index (κ3) is 4.09. The van der Waals surface area contributed by atoms with Crippen molar-refractivity contribution in [3.05, 3.63) is 46.4 Å². The lowest BCUT2D eigenvalue weighted by atomic mass is 9.97. The molecule has 2 heterocycles. The molecule has 3 rings (SSSR count). The lowest BCUT2D eigenvalue weighted by Crippen LogP contribution is -2.39. The summed E-state index contributed by atoms with van der Waals surface area (Å²) in [6, 6.07) is 7.64. The van der Waals surface area contributed by atoms with E-state index in [1.807, 2.05) is 40.9 Å². The quantitative estimate of drug-likeness (QED) is 0.884. The summed E-state index contributed by atoms with van der Waals surface area (Å²) < 4.78 is 0. The molecule has 1 aliphatic rings. The van der Waals surface area contributed by atoms with Gasteiger partial charge in [0, 0.05) is 42.0 Å². The molecule has 6 heteroatoms. The van der Waals surface area contributed by atoms with Crippen molar-refractivity contribution in [3.63, 3.8) is 0 Å². The van der Waals surface area contributed by atoms with Gasteiger partial charge in [0.1, 0.15) is 0 Å². The molecule has 0 atom stereocenters. The topological polar surface area (TPSA) is 65.5 Å². The molecule has 0 spiro atoms. The standard InChI is InChI=1S/C17H21N3O2S/c21-11-13-4-6-20(7-5-13)17(22)14-2-1-3-15(8-14)19-10-16-9-18-12-23-16/h1-3,8-9,12-13,19,21H,4-7,10-11H2. The number of anilines is 1. The van der Waals surface area contributed by atoms with Crippen LogP contribution in [-0.4, -0.2) is 40.6 Å². The number of hydrogen-bond donors (Lipinski definition) is 2. The van der Waals surface area contributed by atoms with E-state index in [1.165, 1.54) is 0 Å². The van der Waals surface area contributed by atoms with Crippen molar-refractivity contribution >= 4 is 22.9 Å². The van der Waals surface area contributed by atoms with Gasteiger partial charge >= 0.3 is 0 Å². The number of rotatable bonds is 5. The Kier molecular flexibility index (Phi) is 5.25. The summed E-state index contributed by atoms with van der Waals surface area (Å²) >= 11 is 1.61. The van der Waals surface area contributed by atoms with Gasteiger partial charge in [-0.15, -0.1) is 11.3 Å². The minimum absolute atomic E-state index is 0.0721. The average molecular weight is 331 g/mol. The first kappa shape index (κ1) is 16.0. The summed E-state index contributed by atoms with van der Waals surface area (Å²) in [5.74, 6) is 0.411. The largest absolute Gasteiger partial charge is 0.396 e.